The van der Waals surface area contributed by atoms with E-state index in [0.29, 0.717) is 23.7 Å². The number of nitrogens with one attached hydrogen (secondary N) is 1. The van der Waals surface area contributed by atoms with Gasteiger partial charge in [-0.15, -0.1) is 0 Å². The number of halogens is 1. The van der Waals surface area contributed by atoms with E-state index in [9.17, 15) is 4.79 Å². The Bertz CT molecular complexity index is 809. The molecule has 0 aliphatic heterocycles. The fraction of sp³-hybridized carbons (Fsp3) is 0.167. The molecule has 2 aromatic carbocycles. The van der Waals surface area contributed by atoms with Gasteiger partial charge in [-0.25, -0.2) is 4.79 Å². The molecule has 1 aromatic heterocycles. The molecule has 0 saturated heterocycles. The van der Waals surface area contributed by atoms with E-state index in [-0.39, 0.29) is 5.97 Å². The molecule has 0 unspecified atom stereocenters. The van der Waals surface area contributed by atoms with Crippen LogP contribution < -0.4 is 0 Å². The molecule has 3 aromatic rings. The van der Waals surface area contributed by atoms with E-state index in [1.54, 1.807) is 6.92 Å². The van der Waals surface area contributed by atoms with Crippen LogP contribution in [0.2, 0.25) is 5.02 Å². The third-order valence-electron chi connectivity index (χ3n) is 3.57. The van der Waals surface area contributed by atoms with Crippen LogP contribution in [0, 0.1) is 0 Å². The number of carbonyl (C=O) groups is 1. The third kappa shape index (κ3) is 2.85. The van der Waals surface area contributed by atoms with Gasteiger partial charge in [0.25, 0.3) is 0 Å². The summed E-state index contributed by atoms with van der Waals surface area (Å²) in [4.78, 5) is 15.4. The van der Waals surface area contributed by atoms with Crippen molar-refractivity contribution in [3.63, 3.8) is 0 Å². The van der Waals surface area contributed by atoms with Crippen molar-refractivity contribution in [1.82, 2.24) is 4.98 Å². The van der Waals surface area contributed by atoms with Gasteiger partial charge in [0, 0.05) is 22.3 Å². The zero-order valence-electron chi connectivity index (χ0n) is 12.2. The molecule has 112 valence electrons. The van der Waals surface area contributed by atoms with Crippen LogP contribution in [0.3, 0.4) is 0 Å². The first-order valence-corrected chi connectivity index (χ1v) is 7.58. The largest absolute Gasteiger partial charge is 0.461 e. The number of ether oxygens (including phenoxy) is 1. The fourth-order valence-corrected chi connectivity index (χ4v) is 2.75. The highest BCUT2D eigenvalue weighted by Gasteiger charge is 2.19. The van der Waals surface area contributed by atoms with Crippen LogP contribution in [0.25, 0.3) is 10.9 Å². The molecule has 0 atom stereocenters. The molecule has 0 spiro atoms. The monoisotopic (exact) mass is 313 g/mol. The van der Waals surface area contributed by atoms with Gasteiger partial charge >= 0.3 is 5.97 Å². The lowest BCUT2D eigenvalue weighted by Gasteiger charge is -2.05. The zero-order valence-corrected chi connectivity index (χ0v) is 13.0. The van der Waals surface area contributed by atoms with E-state index in [4.69, 9.17) is 16.3 Å². The second-order valence-electron chi connectivity index (χ2n) is 5.05. The van der Waals surface area contributed by atoms with Crippen LogP contribution in [0.5, 0.6) is 0 Å². The Morgan fingerprint density at radius 1 is 1.18 bits per heavy atom. The van der Waals surface area contributed by atoms with Crippen molar-refractivity contribution in [3.8, 4) is 0 Å². The van der Waals surface area contributed by atoms with Crippen molar-refractivity contribution >= 4 is 28.5 Å². The number of carbonyl (C=O) groups excluding carboxylic acids is 1. The molecule has 0 fully saturated rings. The van der Waals surface area contributed by atoms with Gasteiger partial charge in [-0.2, -0.15) is 0 Å². The van der Waals surface area contributed by atoms with Crippen molar-refractivity contribution in [1.29, 1.82) is 0 Å². The SMILES string of the molecule is CCOC(=O)c1[nH]c2ccc(Cl)cc2c1Cc1ccccc1. The molecule has 3 rings (SSSR count). The van der Waals surface area contributed by atoms with E-state index in [2.05, 4.69) is 4.98 Å². The van der Waals surface area contributed by atoms with Crippen LogP contribution in [0.15, 0.2) is 48.5 Å². The second-order valence-corrected chi connectivity index (χ2v) is 5.49. The number of hydrogen-bond acceptors (Lipinski definition) is 2. The fourth-order valence-electron chi connectivity index (χ4n) is 2.58. The van der Waals surface area contributed by atoms with Gasteiger partial charge in [-0.1, -0.05) is 41.9 Å². The number of rotatable bonds is 4. The minimum atomic E-state index is -0.333. The lowest BCUT2D eigenvalue weighted by molar-refractivity contribution is 0.0519. The average Bonchev–Trinajstić information content (AvgIpc) is 2.87. The number of hydrogen-bond donors (Lipinski definition) is 1. The maximum absolute atomic E-state index is 12.2. The Kier molecular flexibility index (Phi) is 4.16. The lowest BCUT2D eigenvalue weighted by atomic mass is 10.0. The molecule has 0 radical (unpaired) electrons. The van der Waals surface area contributed by atoms with Crippen LogP contribution in [-0.4, -0.2) is 17.6 Å². The summed E-state index contributed by atoms with van der Waals surface area (Å²) in [6.07, 6.45) is 0.648. The molecule has 1 N–H and O–H groups in total. The molecule has 0 aliphatic rings. The number of H-pyrrole nitrogens is 1. The number of aromatic nitrogens is 1. The molecule has 0 aliphatic carbocycles. The highest BCUT2D eigenvalue weighted by Crippen LogP contribution is 2.28. The predicted molar refractivity (Wildman–Crippen MR) is 88.5 cm³/mol. The molecular weight excluding hydrogens is 298 g/mol. The Morgan fingerprint density at radius 2 is 1.95 bits per heavy atom. The summed E-state index contributed by atoms with van der Waals surface area (Å²) in [5, 5.41) is 1.61. The van der Waals surface area contributed by atoms with Crippen molar-refractivity contribution in [2.75, 3.05) is 6.61 Å². The topological polar surface area (TPSA) is 42.1 Å². The minimum absolute atomic E-state index is 0.333. The van der Waals surface area contributed by atoms with Gasteiger partial charge < -0.3 is 9.72 Å². The van der Waals surface area contributed by atoms with E-state index in [1.165, 1.54) is 0 Å². The molecule has 0 amide bonds. The summed E-state index contributed by atoms with van der Waals surface area (Å²) < 4.78 is 5.16. The predicted octanol–water partition coefficient (Wildman–Crippen LogP) is 4.59. The summed E-state index contributed by atoms with van der Waals surface area (Å²) in [6, 6.07) is 15.6. The molecule has 0 bridgehead atoms. The highest BCUT2D eigenvalue weighted by molar-refractivity contribution is 6.31. The van der Waals surface area contributed by atoms with Crippen molar-refractivity contribution in [2.45, 2.75) is 13.3 Å². The smallest absolute Gasteiger partial charge is 0.355 e. The molecule has 4 heteroatoms. The molecule has 0 saturated carbocycles. The second kappa shape index (κ2) is 6.24. The van der Waals surface area contributed by atoms with Gasteiger partial charge in [0.05, 0.1) is 6.61 Å². The number of aromatic amines is 1. The van der Waals surface area contributed by atoms with Gasteiger partial charge in [0.15, 0.2) is 0 Å². The zero-order chi connectivity index (χ0) is 15.5. The van der Waals surface area contributed by atoms with Crippen molar-refractivity contribution in [3.05, 3.63) is 70.4 Å². The van der Waals surface area contributed by atoms with Crippen LogP contribution in [-0.2, 0) is 11.2 Å². The summed E-state index contributed by atoms with van der Waals surface area (Å²) in [5.41, 5.74) is 3.44. The first-order chi connectivity index (χ1) is 10.7. The standard InChI is InChI=1S/C18H16ClNO2/c1-2-22-18(21)17-15(10-12-6-4-3-5-7-12)14-11-13(19)8-9-16(14)20-17/h3-9,11,20H,2,10H2,1H3. The lowest BCUT2D eigenvalue weighted by Crippen LogP contribution is -2.08. The molecule has 1 heterocycles. The summed E-state index contributed by atoms with van der Waals surface area (Å²) in [6.45, 7) is 2.15. The maximum Gasteiger partial charge on any atom is 0.355 e. The maximum atomic E-state index is 12.2. The van der Waals surface area contributed by atoms with E-state index in [0.717, 1.165) is 22.0 Å². The summed E-state index contributed by atoms with van der Waals surface area (Å²) >= 11 is 6.11. The quantitative estimate of drug-likeness (QED) is 0.716. The molecular formula is C18H16ClNO2. The van der Waals surface area contributed by atoms with Crippen LogP contribution >= 0.6 is 11.6 Å². The first-order valence-electron chi connectivity index (χ1n) is 7.20. The van der Waals surface area contributed by atoms with Gasteiger partial charge in [0.1, 0.15) is 5.69 Å². The van der Waals surface area contributed by atoms with Gasteiger partial charge in [-0.05, 0) is 36.2 Å². The van der Waals surface area contributed by atoms with Crippen LogP contribution in [0.1, 0.15) is 28.5 Å². The van der Waals surface area contributed by atoms with Crippen LogP contribution in [0.4, 0.5) is 0 Å². The number of esters is 1. The minimum Gasteiger partial charge on any atom is -0.461 e. The number of benzene rings is 2. The Labute approximate surface area is 133 Å². The Hall–Kier alpha value is -2.26. The normalized spacial score (nSPS) is 10.8. The van der Waals surface area contributed by atoms with Crippen molar-refractivity contribution in [2.24, 2.45) is 0 Å². The molecule has 3 nitrogen and oxygen atoms in total. The highest BCUT2D eigenvalue weighted by atomic mass is 35.5. The van der Waals surface area contributed by atoms with E-state index < -0.39 is 0 Å². The Morgan fingerprint density at radius 3 is 2.68 bits per heavy atom. The van der Waals surface area contributed by atoms with Gasteiger partial charge in [0.2, 0.25) is 0 Å². The summed E-state index contributed by atoms with van der Waals surface area (Å²) in [7, 11) is 0. The van der Waals surface area contributed by atoms with Gasteiger partial charge in [-0.3, -0.25) is 0 Å². The third-order valence-corrected chi connectivity index (χ3v) is 3.81. The first kappa shape index (κ1) is 14.7. The van der Waals surface area contributed by atoms with E-state index in [1.807, 2.05) is 48.5 Å². The number of fused-ring (bicyclic) bond motifs is 1. The average molecular weight is 314 g/mol. The van der Waals surface area contributed by atoms with E-state index >= 15 is 0 Å². The summed E-state index contributed by atoms with van der Waals surface area (Å²) in [5.74, 6) is -0.333. The molecule has 22 heavy (non-hydrogen) atoms. The Balaban J connectivity index is 2.13. The van der Waals surface area contributed by atoms with Crippen molar-refractivity contribution < 1.29 is 9.53 Å².